The summed E-state index contributed by atoms with van der Waals surface area (Å²) in [7, 11) is -1.44. The Balaban J connectivity index is 1.93. The summed E-state index contributed by atoms with van der Waals surface area (Å²) >= 11 is 0. The molecule has 1 heterocycles. The number of likely N-dealkylation sites (N-methyl/N-ethyl adjacent to an activating group) is 1. The number of hydrogen-bond donors (Lipinski definition) is 0. The fourth-order valence-electron chi connectivity index (χ4n) is 2.52. The summed E-state index contributed by atoms with van der Waals surface area (Å²) in [5.41, 5.74) is 0.938. The third-order valence-electron chi connectivity index (χ3n) is 3.87. The van der Waals surface area contributed by atoms with Gasteiger partial charge in [0.25, 0.3) is 0 Å². The maximum Gasteiger partial charge on any atom is 0.242 e. The molecule has 1 aromatic carbocycles. The van der Waals surface area contributed by atoms with Crippen LogP contribution in [0.15, 0.2) is 30.3 Å². The first kappa shape index (κ1) is 16.5. The Bertz CT molecular complexity index is 630. The molecule has 2 rings (SSSR count). The van der Waals surface area contributed by atoms with E-state index in [2.05, 4.69) is 0 Å². The van der Waals surface area contributed by atoms with Gasteiger partial charge >= 0.3 is 0 Å². The molecule has 0 saturated carbocycles. The number of benzene rings is 1. The third-order valence-corrected chi connectivity index (χ3v) is 5.62. The Labute approximate surface area is 130 Å². The number of carbonyl (C=O) groups is 2. The quantitative estimate of drug-likeness (QED) is 0.705. The summed E-state index contributed by atoms with van der Waals surface area (Å²) in [5, 5.41) is 0. The molecular formula is C15H20N2O4S. The highest BCUT2D eigenvalue weighted by Crippen LogP contribution is 2.16. The van der Waals surface area contributed by atoms with Crippen molar-refractivity contribution in [2.45, 2.75) is 19.0 Å². The highest BCUT2D eigenvalue weighted by Gasteiger charge is 2.32. The van der Waals surface area contributed by atoms with Crippen LogP contribution in [-0.4, -0.2) is 61.7 Å². The molecule has 6 nitrogen and oxygen atoms in total. The van der Waals surface area contributed by atoms with Gasteiger partial charge in [-0.25, -0.2) is 8.42 Å². The molecule has 1 atom stereocenters. The van der Waals surface area contributed by atoms with E-state index in [1.54, 1.807) is 7.05 Å². The number of nitrogens with zero attached hydrogens (tertiary/aromatic N) is 2. The van der Waals surface area contributed by atoms with Crippen molar-refractivity contribution >= 4 is 22.2 Å². The smallest absolute Gasteiger partial charge is 0.242 e. The van der Waals surface area contributed by atoms with Crippen LogP contribution >= 0.6 is 0 Å². The summed E-state index contributed by atoms with van der Waals surface area (Å²) in [6.45, 7) is 0.304. The van der Waals surface area contributed by atoms with Gasteiger partial charge in [0, 0.05) is 19.6 Å². The average molecular weight is 324 g/mol. The van der Waals surface area contributed by atoms with Gasteiger partial charge in [0.15, 0.2) is 9.84 Å². The van der Waals surface area contributed by atoms with Crippen LogP contribution in [0.4, 0.5) is 0 Å². The van der Waals surface area contributed by atoms with E-state index in [4.69, 9.17) is 0 Å². The lowest BCUT2D eigenvalue weighted by molar-refractivity contribution is -0.136. The minimum atomic E-state index is -3.03. The minimum Gasteiger partial charge on any atom is -0.340 e. The van der Waals surface area contributed by atoms with Gasteiger partial charge < -0.3 is 9.80 Å². The number of hydrogen-bond acceptors (Lipinski definition) is 4. The van der Waals surface area contributed by atoms with Crippen LogP contribution in [0, 0.1) is 0 Å². The number of sulfone groups is 1. The molecule has 0 spiro atoms. The highest BCUT2D eigenvalue weighted by atomic mass is 32.2. The zero-order chi connectivity index (χ0) is 16.2. The van der Waals surface area contributed by atoms with Crippen molar-refractivity contribution in [2.24, 2.45) is 0 Å². The molecule has 0 N–H and O–H groups in total. The minimum absolute atomic E-state index is 0.00894. The Morgan fingerprint density at radius 1 is 1.32 bits per heavy atom. The summed E-state index contributed by atoms with van der Waals surface area (Å²) in [6, 6.07) is 9.10. The maximum atomic E-state index is 12.2. The van der Waals surface area contributed by atoms with Crippen molar-refractivity contribution in [3.63, 3.8) is 0 Å². The van der Waals surface area contributed by atoms with Crippen molar-refractivity contribution in [1.82, 2.24) is 9.80 Å². The molecule has 2 amide bonds. The molecule has 1 fully saturated rings. The van der Waals surface area contributed by atoms with Crippen LogP contribution < -0.4 is 0 Å². The van der Waals surface area contributed by atoms with Gasteiger partial charge in [-0.2, -0.15) is 0 Å². The number of rotatable bonds is 6. The zero-order valence-electron chi connectivity index (χ0n) is 12.5. The Morgan fingerprint density at radius 2 is 2.00 bits per heavy atom. The molecule has 0 bridgehead atoms. The monoisotopic (exact) mass is 324 g/mol. The largest absolute Gasteiger partial charge is 0.340 e. The highest BCUT2D eigenvalue weighted by molar-refractivity contribution is 7.91. The fourth-order valence-corrected chi connectivity index (χ4v) is 4.29. The SMILES string of the molecule is CN(C(=O)CN(C=O)Cc1ccccc1)[C@@H]1CCS(=O)(=O)C1. The van der Waals surface area contributed by atoms with E-state index in [0.717, 1.165) is 5.56 Å². The van der Waals surface area contributed by atoms with Gasteiger partial charge in [-0.15, -0.1) is 0 Å². The predicted octanol–water partition coefficient (Wildman–Crippen LogP) is 0.290. The van der Waals surface area contributed by atoms with Crippen molar-refractivity contribution in [3.8, 4) is 0 Å². The molecule has 0 aliphatic carbocycles. The molecule has 0 aromatic heterocycles. The van der Waals surface area contributed by atoms with Crippen LogP contribution in [0.5, 0.6) is 0 Å². The fraction of sp³-hybridized carbons (Fsp3) is 0.467. The maximum absolute atomic E-state index is 12.2. The lowest BCUT2D eigenvalue weighted by atomic mass is 10.2. The third kappa shape index (κ3) is 4.30. The number of amides is 2. The molecular weight excluding hydrogens is 304 g/mol. The van der Waals surface area contributed by atoms with E-state index < -0.39 is 9.84 Å². The van der Waals surface area contributed by atoms with Crippen LogP contribution in [0.25, 0.3) is 0 Å². The first-order valence-electron chi connectivity index (χ1n) is 7.10. The van der Waals surface area contributed by atoms with Crippen LogP contribution in [0.2, 0.25) is 0 Å². The van der Waals surface area contributed by atoms with Crippen molar-refractivity contribution in [2.75, 3.05) is 25.1 Å². The Kier molecular flexibility index (Phi) is 5.18. The molecule has 0 unspecified atom stereocenters. The van der Waals surface area contributed by atoms with Crippen LogP contribution in [0.1, 0.15) is 12.0 Å². The van der Waals surface area contributed by atoms with Crippen molar-refractivity contribution in [3.05, 3.63) is 35.9 Å². The normalized spacial score (nSPS) is 19.6. The first-order valence-corrected chi connectivity index (χ1v) is 8.93. The van der Waals surface area contributed by atoms with E-state index in [1.165, 1.54) is 9.80 Å². The number of carbonyl (C=O) groups excluding carboxylic acids is 2. The van der Waals surface area contributed by atoms with E-state index in [1.807, 2.05) is 30.3 Å². The van der Waals surface area contributed by atoms with E-state index >= 15 is 0 Å². The molecule has 1 aromatic rings. The van der Waals surface area contributed by atoms with Gasteiger partial charge in [0.05, 0.1) is 18.1 Å². The Morgan fingerprint density at radius 3 is 2.55 bits per heavy atom. The second kappa shape index (κ2) is 6.91. The van der Waals surface area contributed by atoms with E-state index in [0.29, 0.717) is 19.4 Å². The van der Waals surface area contributed by atoms with Crippen LogP contribution in [-0.2, 0) is 26.0 Å². The molecule has 1 saturated heterocycles. The summed E-state index contributed by atoms with van der Waals surface area (Å²) in [4.78, 5) is 26.2. The molecule has 1 aliphatic heterocycles. The Hall–Kier alpha value is -1.89. The van der Waals surface area contributed by atoms with E-state index in [9.17, 15) is 18.0 Å². The lowest BCUT2D eigenvalue weighted by Crippen LogP contribution is -2.43. The molecule has 22 heavy (non-hydrogen) atoms. The van der Waals surface area contributed by atoms with Crippen molar-refractivity contribution < 1.29 is 18.0 Å². The second-order valence-corrected chi connectivity index (χ2v) is 7.79. The molecule has 120 valence electrons. The summed E-state index contributed by atoms with van der Waals surface area (Å²) in [6.07, 6.45) is 1.11. The zero-order valence-corrected chi connectivity index (χ0v) is 13.3. The topological polar surface area (TPSA) is 74.8 Å². The van der Waals surface area contributed by atoms with E-state index in [-0.39, 0.29) is 30.0 Å². The molecule has 7 heteroatoms. The van der Waals surface area contributed by atoms with Gasteiger partial charge in [0.1, 0.15) is 0 Å². The predicted molar refractivity (Wildman–Crippen MR) is 82.7 cm³/mol. The standard InChI is InChI=1S/C15H20N2O4S/c1-16(14-7-8-22(20,21)11-14)15(19)10-17(12-18)9-13-5-3-2-4-6-13/h2-6,12,14H,7-11H2,1H3/t14-/m1/s1. The van der Waals surface area contributed by atoms with Gasteiger partial charge in [0.2, 0.25) is 12.3 Å². The summed E-state index contributed by atoms with van der Waals surface area (Å²) in [5.74, 6) is -0.115. The second-order valence-electron chi connectivity index (χ2n) is 5.56. The van der Waals surface area contributed by atoms with Crippen molar-refractivity contribution in [1.29, 1.82) is 0 Å². The molecule has 1 aliphatic rings. The molecule has 0 radical (unpaired) electrons. The first-order chi connectivity index (χ1) is 10.4. The summed E-state index contributed by atoms with van der Waals surface area (Å²) < 4.78 is 23.0. The average Bonchev–Trinajstić information content (AvgIpc) is 2.86. The van der Waals surface area contributed by atoms with Crippen LogP contribution in [0.3, 0.4) is 0 Å². The van der Waals surface area contributed by atoms with Gasteiger partial charge in [-0.05, 0) is 12.0 Å². The van der Waals surface area contributed by atoms with Gasteiger partial charge in [-0.1, -0.05) is 30.3 Å². The van der Waals surface area contributed by atoms with Gasteiger partial charge in [-0.3, -0.25) is 9.59 Å². The lowest BCUT2D eigenvalue weighted by Gasteiger charge is -2.26.